The van der Waals surface area contributed by atoms with Crippen molar-refractivity contribution >= 4 is 38.5 Å². The summed E-state index contributed by atoms with van der Waals surface area (Å²) in [4.78, 5) is 13.2. The zero-order valence-corrected chi connectivity index (χ0v) is 22.8. The summed E-state index contributed by atoms with van der Waals surface area (Å²) in [6.07, 6.45) is 0. The molecule has 0 aliphatic heterocycles. The Labute approximate surface area is 243 Å². The quantitative estimate of drug-likeness (QED) is 0.200. The number of nitrogens with zero attached hydrogens (tertiary/aromatic N) is 2. The second kappa shape index (κ2) is 9.76. The molecule has 3 heteroatoms. The lowest BCUT2D eigenvalue weighted by Crippen LogP contribution is -2.02. The number of rotatable bonds is 5. The highest BCUT2D eigenvalue weighted by molar-refractivity contribution is 6.19. The maximum Gasteiger partial charge on any atom is 0.193 e. The fourth-order valence-electron chi connectivity index (χ4n) is 6.19. The Hall–Kier alpha value is -5.67. The van der Waals surface area contributed by atoms with Gasteiger partial charge in [-0.1, -0.05) is 109 Å². The highest BCUT2D eigenvalue weighted by atomic mass is 16.1. The molecule has 0 unspecified atom stereocenters. The van der Waals surface area contributed by atoms with E-state index in [9.17, 15) is 4.79 Å². The monoisotopic (exact) mass is 538 g/mol. The van der Waals surface area contributed by atoms with Crippen LogP contribution < -0.4 is 0 Å². The molecule has 8 rings (SSSR count). The van der Waals surface area contributed by atoms with Crippen LogP contribution in [0.5, 0.6) is 0 Å². The average Bonchev–Trinajstić information content (AvgIpc) is 3.62. The van der Waals surface area contributed by atoms with Crippen LogP contribution in [-0.4, -0.2) is 14.9 Å². The Bertz CT molecular complexity index is 2220. The maximum atomic E-state index is 13.2. The van der Waals surface area contributed by atoms with Crippen molar-refractivity contribution in [2.24, 2.45) is 0 Å². The van der Waals surface area contributed by atoms with Gasteiger partial charge in [-0.05, 0) is 54.1 Å². The Morgan fingerprint density at radius 2 is 1.05 bits per heavy atom. The van der Waals surface area contributed by atoms with E-state index in [-0.39, 0.29) is 5.78 Å². The molecule has 0 spiro atoms. The van der Waals surface area contributed by atoms with Gasteiger partial charge < -0.3 is 9.13 Å². The van der Waals surface area contributed by atoms with Crippen LogP contribution in [-0.2, 0) is 0 Å². The summed E-state index contributed by atoms with van der Waals surface area (Å²) in [6, 6.07) is 54.0. The first-order valence-corrected chi connectivity index (χ1v) is 14.2. The first-order chi connectivity index (χ1) is 20.8. The number of hydrogen-bond acceptors (Lipinski definition) is 1. The molecule has 0 aliphatic carbocycles. The van der Waals surface area contributed by atoms with Gasteiger partial charge in [-0.25, -0.2) is 0 Å². The summed E-state index contributed by atoms with van der Waals surface area (Å²) < 4.78 is 4.73. The van der Waals surface area contributed by atoms with Gasteiger partial charge in [-0.2, -0.15) is 0 Å². The van der Waals surface area contributed by atoms with E-state index in [1.54, 1.807) is 0 Å². The summed E-state index contributed by atoms with van der Waals surface area (Å²) in [7, 11) is 0. The van der Waals surface area contributed by atoms with E-state index in [2.05, 4.69) is 124 Å². The minimum Gasteiger partial charge on any atom is -0.307 e. The summed E-state index contributed by atoms with van der Waals surface area (Å²) in [6.45, 7) is 0. The van der Waals surface area contributed by atoms with Crippen LogP contribution in [0.1, 0.15) is 15.9 Å². The van der Waals surface area contributed by atoms with Crippen molar-refractivity contribution in [3.63, 3.8) is 0 Å². The lowest BCUT2D eigenvalue weighted by molar-refractivity contribution is 0.103. The number of aromatic nitrogens is 2. The van der Waals surface area contributed by atoms with Crippen molar-refractivity contribution in [1.29, 1.82) is 0 Å². The standard InChI is InChI=1S/C39H26N2O/c42-39(28-14-6-2-7-15-28)29-20-23-32(24-21-29)40-35-19-11-10-18-33(35)34-25-22-30-26-36(27-12-4-1-5-13-27)41(37(30)38(34)40)31-16-8-3-9-17-31/h1-26H. The molecule has 2 aromatic heterocycles. The number of carbonyl (C=O) groups excluding carboxylic acids is 1. The lowest BCUT2D eigenvalue weighted by atomic mass is 10.0. The second-order valence-corrected chi connectivity index (χ2v) is 10.6. The maximum absolute atomic E-state index is 13.2. The second-order valence-electron chi connectivity index (χ2n) is 10.6. The van der Waals surface area contributed by atoms with Crippen molar-refractivity contribution in [3.8, 4) is 22.6 Å². The summed E-state index contributed by atoms with van der Waals surface area (Å²) in [5, 5.41) is 3.56. The average molecular weight is 539 g/mol. The van der Waals surface area contributed by atoms with Crippen molar-refractivity contribution in [1.82, 2.24) is 9.13 Å². The molecule has 8 aromatic rings. The van der Waals surface area contributed by atoms with Gasteiger partial charge in [0, 0.05) is 38.7 Å². The van der Waals surface area contributed by atoms with Crippen LogP contribution in [0.25, 0.3) is 55.3 Å². The molecule has 198 valence electrons. The summed E-state index contributed by atoms with van der Waals surface area (Å²) >= 11 is 0. The molecule has 0 amide bonds. The summed E-state index contributed by atoms with van der Waals surface area (Å²) in [5.74, 6) is 0.0252. The molecule has 0 aliphatic rings. The van der Waals surface area contributed by atoms with E-state index in [0.717, 1.165) is 39.2 Å². The van der Waals surface area contributed by atoms with Gasteiger partial charge in [-0.15, -0.1) is 0 Å². The summed E-state index contributed by atoms with van der Waals surface area (Å²) in [5.41, 5.74) is 9.22. The molecule has 3 nitrogen and oxygen atoms in total. The third-order valence-electron chi connectivity index (χ3n) is 8.11. The predicted molar refractivity (Wildman–Crippen MR) is 173 cm³/mol. The van der Waals surface area contributed by atoms with Crippen LogP contribution in [0.4, 0.5) is 0 Å². The minimum atomic E-state index is 0.0252. The van der Waals surface area contributed by atoms with Crippen molar-refractivity contribution in [2.45, 2.75) is 0 Å². The van der Waals surface area contributed by atoms with E-state index in [1.807, 2.05) is 42.5 Å². The third kappa shape index (κ3) is 3.79. The lowest BCUT2D eigenvalue weighted by Gasteiger charge is -2.14. The Morgan fingerprint density at radius 3 is 1.79 bits per heavy atom. The molecule has 42 heavy (non-hydrogen) atoms. The van der Waals surface area contributed by atoms with E-state index < -0.39 is 0 Å². The molecule has 6 aromatic carbocycles. The van der Waals surface area contributed by atoms with E-state index in [4.69, 9.17) is 0 Å². The van der Waals surface area contributed by atoms with E-state index in [1.165, 1.54) is 16.2 Å². The minimum absolute atomic E-state index is 0.0252. The van der Waals surface area contributed by atoms with Gasteiger partial charge in [-0.3, -0.25) is 4.79 Å². The molecule has 0 fully saturated rings. The highest BCUT2D eigenvalue weighted by Crippen LogP contribution is 2.41. The van der Waals surface area contributed by atoms with Gasteiger partial charge in [0.05, 0.1) is 22.2 Å². The fourth-order valence-corrected chi connectivity index (χ4v) is 6.19. The predicted octanol–water partition coefficient (Wildman–Crippen LogP) is 9.63. The van der Waals surface area contributed by atoms with Gasteiger partial charge in [0.25, 0.3) is 0 Å². The Morgan fingerprint density at radius 1 is 0.452 bits per heavy atom. The third-order valence-corrected chi connectivity index (χ3v) is 8.11. The van der Waals surface area contributed by atoms with Crippen LogP contribution >= 0.6 is 0 Å². The number of para-hydroxylation sites is 2. The number of benzene rings is 6. The zero-order chi connectivity index (χ0) is 28.0. The van der Waals surface area contributed by atoms with E-state index >= 15 is 0 Å². The van der Waals surface area contributed by atoms with Gasteiger partial charge in [0.2, 0.25) is 0 Å². The Kier molecular flexibility index (Phi) is 5.61. The van der Waals surface area contributed by atoms with E-state index in [0.29, 0.717) is 11.1 Å². The topological polar surface area (TPSA) is 26.9 Å². The zero-order valence-electron chi connectivity index (χ0n) is 22.8. The van der Waals surface area contributed by atoms with Crippen LogP contribution in [0.2, 0.25) is 0 Å². The van der Waals surface area contributed by atoms with Crippen LogP contribution in [0.15, 0.2) is 158 Å². The largest absolute Gasteiger partial charge is 0.307 e. The molecule has 0 radical (unpaired) electrons. The first kappa shape index (κ1) is 24.2. The highest BCUT2D eigenvalue weighted by Gasteiger charge is 2.21. The van der Waals surface area contributed by atoms with Crippen molar-refractivity contribution in [2.75, 3.05) is 0 Å². The van der Waals surface area contributed by atoms with Crippen LogP contribution in [0.3, 0.4) is 0 Å². The number of ketones is 1. The first-order valence-electron chi connectivity index (χ1n) is 14.2. The van der Waals surface area contributed by atoms with Crippen molar-refractivity contribution < 1.29 is 4.79 Å². The SMILES string of the molecule is O=C(c1ccccc1)c1ccc(-n2c3ccccc3c3ccc4cc(-c5ccccc5)n(-c5ccccc5)c4c32)cc1. The molecule has 0 atom stereocenters. The molecule has 0 N–H and O–H groups in total. The van der Waals surface area contributed by atoms with Gasteiger partial charge >= 0.3 is 0 Å². The molecule has 0 saturated heterocycles. The van der Waals surface area contributed by atoms with Crippen LogP contribution in [0, 0.1) is 0 Å². The Balaban J connectivity index is 1.44. The molecular weight excluding hydrogens is 512 g/mol. The number of fused-ring (bicyclic) bond motifs is 5. The molecule has 2 heterocycles. The fraction of sp³-hybridized carbons (Fsp3) is 0. The molecule has 0 saturated carbocycles. The van der Waals surface area contributed by atoms with Gasteiger partial charge in [0.1, 0.15) is 0 Å². The molecule has 0 bridgehead atoms. The van der Waals surface area contributed by atoms with Gasteiger partial charge in [0.15, 0.2) is 5.78 Å². The number of hydrogen-bond donors (Lipinski definition) is 0. The molecular formula is C39H26N2O. The smallest absolute Gasteiger partial charge is 0.193 e. The van der Waals surface area contributed by atoms with Crippen molar-refractivity contribution in [3.05, 3.63) is 169 Å². The number of carbonyl (C=O) groups is 1. The normalized spacial score (nSPS) is 11.4.